The van der Waals surface area contributed by atoms with Gasteiger partial charge in [0.2, 0.25) is 15.9 Å². The third-order valence-corrected chi connectivity index (χ3v) is 9.78. The first-order valence-electron chi connectivity index (χ1n) is 15.0. The van der Waals surface area contributed by atoms with Gasteiger partial charge in [-0.3, -0.25) is 9.59 Å². The van der Waals surface area contributed by atoms with Crippen molar-refractivity contribution in [3.63, 3.8) is 0 Å². The molecule has 240 valence electrons. The highest BCUT2D eigenvalue weighted by Crippen LogP contribution is 2.26. The second-order valence-electron chi connectivity index (χ2n) is 10.8. The van der Waals surface area contributed by atoms with Crippen molar-refractivity contribution in [2.24, 2.45) is 0 Å². The van der Waals surface area contributed by atoms with Crippen LogP contribution in [0.15, 0.2) is 114 Å². The van der Waals surface area contributed by atoms with Crippen molar-refractivity contribution in [3.05, 3.63) is 131 Å². The molecule has 1 aliphatic rings. The lowest BCUT2D eigenvalue weighted by molar-refractivity contribution is -0.143. The molecule has 1 saturated heterocycles. The van der Waals surface area contributed by atoms with Crippen LogP contribution in [0.4, 0.5) is 0 Å². The number of amides is 2. The number of halogens is 1. The van der Waals surface area contributed by atoms with Gasteiger partial charge in [-0.15, -0.1) is 0 Å². The Kier molecular flexibility index (Phi) is 11.4. The van der Waals surface area contributed by atoms with Crippen molar-refractivity contribution in [1.29, 1.82) is 0 Å². The van der Waals surface area contributed by atoms with E-state index >= 15 is 0 Å². The van der Waals surface area contributed by atoms with E-state index in [1.807, 2.05) is 72.8 Å². The number of ether oxygens (including phenoxy) is 2. The van der Waals surface area contributed by atoms with E-state index in [2.05, 4.69) is 5.32 Å². The molecule has 2 amide bonds. The zero-order valence-electron chi connectivity index (χ0n) is 25.3. The predicted octanol–water partition coefficient (Wildman–Crippen LogP) is 4.87. The highest BCUT2D eigenvalue weighted by Gasteiger charge is 2.32. The van der Waals surface area contributed by atoms with Crippen LogP contribution in [0.5, 0.6) is 5.75 Å². The fourth-order valence-corrected chi connectivity index (χ4v) is 6.70. The normalized spacial score (nSPS) is 14.3. The summed E-state index contributed by atoms with van der Waals surface area (Å²) < 4.78 is 38.5. The SMILES string of the molecule is O=C(NCCc1ccccc1)C(c1ccccc1)N(Cc1ccc(Cl)cc1)C(=O)COc1ccc(S(=O)(=O)N2CCOCC2)cc1. The van der Waals surface area contributed by atoms with Crippen LogP contribution in [0.1, 0.15) is 22.7 Å². The number of nitrogens with zero attached hydrogens (tertiary/aromatic N) is 2. The van der Waals surface area contributed by atoms with Gasteiger partial charge in [-0.1, -0.05) is 84.4 Å². The Morgan fingerprint density at radius 1 is 0.848 bits per heavy atom. The molecule has 0 radical (unpaired) electrons. The topological polar surface area (TPSA) is 105 Å². The molecule has 4 aromatic rings. The second kappa shape index (κ2) is 15.9. The maximum Gasteiger partial charge on any atom is 0.261 e. The summed E-state index contributed by atoms with van der Waals surface area (Å²) >= 11 is 6.12. The Morgan fingerprint density at radius 2 is 1.48 bits per heavy atom. The van der Waals surface area contributed by atoms with Gasteiger partial charge in [-0.2, -0.15) is 4.31 Å². The fraction of sp³-hybridized carbons (Fsp3) is 0.257. The maximum absolute atomic E-state index is 13.9. The molecule has 1 unspecified atom stereocenters. The van der Waals surface area contributed by atoms with Gasteiger partial charge >= 0.3 is 0 Å². The van der Waals surface area contributed by atoms with Crippen LogP contribution in [0.2, 0.25) is 5.02 Å². The van der Waals surface area contributed by atoms with Crippen LogP contribution in [0.3, 0.4) is 0 Å². The first kappa shape index (κ1) is 33.2. The van der Waals surface area contributed by atoms with Gasteiger partial charge < -0.3 is 19.7 Å². The third kappa shape index (κ3) is 8.73. The number of carbonyl (C=O) groups is 2. The van der Waals surface area contributed by atoms with E-state index in [1.54, 1.807) is 12.1 Å². The van der Waals surface area contributed by atoms with Gasteiger partial charge in [0.1, 0.15) is 11.8 Å². The molecule has 1 N–H and O–H groups in total. The van der Waals surface area contributed by atoms with Crippen molar-refractivity contribution >= 4 is 33.4 Å². The summed E-state index contributed by atoms with van der Waals surface area (Å²) in [4.78, 5) is 29.4. The van der Waals surface area contributed by atoms with Gasteiger partial charge in [-0.25, -0.2) is 8.42 Å². The van der Waals surface area contributed by atoms with Gasteiger partial charge in [-0.05, 0) is 59.5 Å². The number of carbonyl (C=O) groups excluding carboxylic acids is 2. The van der Waals surface area contributed by atoms with Crippen LogP contribution < -0.4 is 10.1 Å². The van der Waals surface area contributed by atoms with Gasteiger partial charge in [0.05, 0.1) is 18.1 Å². The number of nitrogens with one attached hydrogen (secondary N) is 1. The molecule has 1 atom stereocenters. The number of benzene rings is 4. The Bertz CT molecular complexity index is 1680. The highest BCUT2D eigenvalue weighted by molar-refractivity contribution is 7.89. The third-order valence-electron chi connectivity index (χ3n) is 7.61. The van der Waals surface area contributed by atoms with Crippen LogP contribution >= 0.6 is 11.6 Å². The summed E-state index contributed by atoms with van der Waals surface area (Å²) in [6.07, 6.45) is 0.638. The quantitative estimate of drug-likeness (QED) is 0.219. The lowest BCUT2D eigenvalue weighted by atomic mass is 10.0. The summed E-state index contributed by atoms with van der Waals surface area (Å²) in [6, 6.07) is 31.1. The van der Waals surface area contributed by atoms with E-state index in [0.717, 1.165) is 11.1 Å². The molecule has 1 aliphatic heterocycles. The summed E-state index contributed by atoms with van der Waals surface area (Å²) in [6.45, 7) is 1.44. The molecule has 0 spiro atoms. The van der Waals surface area contributed by atoms with Crippen molar-refractivity contribution in [3.8, 4) is 5.75 Å². The zero-order chi connectivity index (χ0) is 32.4. The van der Waals surface area contributed by atoms with E-state index in [0.29, 0.717) is 55.6 Å². The van der Waals surface area contributed by atoms with Gasteiger partial charge in [0.15, 0.2) is 6.61 Å². The van der Waals surface area contributed by atoms with E-state index in [4.69, 9.17) is 21.1 Å². The standard InChI is InChI=1S/C35H36ClN3O6S/c36-30-13-11-28(12-14-30)25-39(34(29-9-5-2-6-10-29)35(41)37-20-19-27-7-3-1-4-8-27)33(40)26-45-31-15-17-32(18-16-31)46(42,43)38-21-23-44-24-22-38/h1-18,34H,19-26H2,(H,37,41). The molecule has 4 aromatic carbocycles. The summed E-state index contributed by atoms with van der Waals surface area (Å²) in [5.74, 6) is -0.418. The summed E-state index contributed by atoms with van der Waals surface area (Å²) in [5.41, 5.74) is 2.53. The number of rotatable bonds is 13. The molecule has 0 aromatic heterocycles. The van der Waals surface area contributed by atoms with Crippen molar-refractivity contribution in [1.82, 2.24) is 14.5 Å². The lowest BCUT2D eigenvalue weighted by Crippen LogP contribution is -2.45. The zero-order valence-corrected chi connectivity index (χ0v) is 26.8. The molecule has 0 saturated carbocycles. The minimum absolute atomic E-state index is 0.127. The molecule has 5 rings (SSSR count). The lowest BCUT2D eigenvalue weighted by Gasteiger charge is -2.31. The van der Waals surface area contributed by atoms with Crippen LogP contribution in [-0.2, 0) is 37.3 Å². The van der Waals surface area contributed by atoms with Crippen LogP contribution in [0, 0.1) is 0 Å². The minimum atomic E-state index is -3.67. The predicted molar refractivity (Wildman–Crippen MR) is 176 cm³/mol. The molecule has 0 bridgehead atoms. The number of hydrogen-bond donors (Lipinski definition) is 1. The summed E-state index contributed by atoms with van der Waals surface area (Å²) in [5, 5.41) is 3.58. The molecule has 9 nitrogen and oxygen atoms in total. The molecule has 11 heteroatoms. The Morgan fingerprint density at radius 3 is 2.13 bits per heavy atom. The molecule has 1 heterocycles. The average Bonchev–Trinajstić information content (AvgIpc) is 3.09. The molecule has 1 fully saturated rings. The summed E-state index contributed by atoms with van der Waals surface area (Å²) in [7, 11) is -3.67. The Labute approximate surface area is 274 Å². The molecule has 46 heavy (non-hydrogen) atoms. The molecule has 0 aliphatic carbocycles. The van der Waals surface area contributed by atoms with E-state index in [-0.39, 0.29) is 24.0 Å². The second-order valence-corrected chi connectivity index (χ2v) is 13.1. The Hall–Kier alpha value is -4.22. The van der Waals surface area contributed by atoms with E-state index < -0.39 is 22.0 Å². The fourth-order valence-electron chi connectivity index (χ4n) is 5.16. The minimum Gasteiger partial charge on any atom is -0.484 e. The monoisotopic (exact) mass is 661 g/mol. The number of hydrogen-bond acceptors (Lipinski definition) is 6. The highest BCUT2D eigenvalue weighted by atomic mass is 35.5. The largest absolute Gasteiger partial charge is 0.484 e. The Balaban J connectivity index is 1.34. The number of morpholine rings is 1. The molecular formula is C35H36ClN3O6S. The van der Waals surface area contributed by atoms with Crippen LogP contribution in [0.25, 0.3) is 0 Å². The molecular weight excluding hydrogens is 626 g/mol. The first-order chi connectivity index (χ1) is 22.3. The van der Waals surface area contributed by atoms with Crippen molar-refractivity contribution in [2.45, 2.75) is 23.9 Å². The van der Waals surface area contributed by atoms with E-state index in [1.165, 1.54) is 33.5 Å². The maximum atomic E-state index is 13.9. The first-order valence-corrected chi connectivity index (χ1v) is 16.8. The average molecular weight is 662 g/mol. The number of sulfonamides is 1. The van der Waals surface area contributed by atoms with Crippen molar-refractivity contribution in [2.75, 3.05) is 39.5 Å². The van der Waals surface area contributed by atoms with Gasteiger partial charge in [0, 0.05) is 31.2 Å². The van der Waals surface area contributed by atoms with Gasteiger partial charge in [0.25, 0.3) is 5.91 Å². The van der Waals surface area contributed by atoms with Crippen molar-refractivity contribution < 1.29 is 27.5 Å². The van der Waals surface area contributed by atoms with Crippen LogP contribution in [-0.4, -0.2) is 68.9 Å². The smallest absolute Gasteiger partial charge is 0.261 e. The van der Waals surface area contributed by atoms with E-state index in [9.17, 15) is 18.0 Å².